The van der Waals surface area contributed by atoms with E-state index in [-0.39, 0.29) is 17.3 Å². The van der Waals surface area contributed by atoms with Crippen LogP contribution >= 0.6 is 11.6 Å². The highest BCUT2D eigenvalue weighted by molar-refractivity contribution is 6.29. The molecule has 0 bridgehead atoms. The quantitative estimate of drug-likeness (QED) is 0.868. The molecule has 0 radical (unpaired) electrons. The van der Waals surface area contributed by atoms with Gasteiger partial charge in [0.05, 0.1) is 5.56 Å². The molecule has 2 heterocycles. The number of hydrogen-bond acceptors (Lipinski definition) is 6. The number of hydrogen-bond donors (Lipinski definition) is 1. The fourth-order valence-corrected chi connectivity index (χ4v) is 3.80. The van der Waals surface area contributed by atoms with Gasteiger partial charge in [0.15, 0.2) is 11.0 Å². The van der Waals surface area contributed by atoms with Crippen molar-refractivity contribution in [1.82, 2.24) is 15.1 Å². The number of carbonyl (C=O) groups is 1. The molecular formula is C17H22ClN5O2. The molecule has 0 spiro atoms. The Morgan fingerprint density at radius 3 is 2.84 bits per heavy atom. The highest BCUT2D eigenvalue weighted by Crippen LogP contribution is 2.40. The summed E-state index contributed by atoms with van der Waals surface area (Å²) in [6.07, 6.45) is 1.75. The van der Waals surface area contributed by atoms with Crippen LogP contribution in [0.2, 0.25) is 5.15 Å². The molecule has 1 amide bonds. The second-order valence-corrected chi connectivity index (χ2v) is 8.07. The van der Waals surface area contributed by atoms with Gasteiger partial charge in [0.25, 0.3) is 0 Å². The molecule has 1 aliphatic carbocycles. The standard InChI is InChI=1S/C17H22ClN5O2/c1-17(2,3)25-16(24)23-8-10-4-5-13(12(10)9-23)20-15-11(7-19)6-14(18)21-22-15/h6,10,12-13H,4-5,8-9H2,1-3H3,(H,20,22)/t10-,12+,13+/m0/s1. The number of anilines is 1. The van der Waals surface area contributed by atoms with Crippen LogP contribution in [0.1, 0.15) is 39.2 Å². The summed E-state index contributed by atoms with van der Waals surface area (Å²) in [5.74, 6) is 1.21. The number of amides is 1. The SMILES string of the molecule is CC(C)(C)OC(=O)N1C[C@@H]2CC[C@@H](Nc3nnc(Cl)cc3C#N)[C@@H]2C1. The number of nitriles is 1. The van der Waals surface area contributed by atoms with Crippen LogP contribution in [0, 0.1) is 23.2 Å². The molecule has 134 valence electrons. The van der Waals surface area contributed by atoms with Crippen LogP contribution in [0.5, 0.6) is 0 Å². The van der Waals surface area contributed by atoms with E-state index in [1.54, 1.807) is 4.90 Å². The van der Waals surface area contributed by atoms with E-state index in [9.17, 15) is 10.1 Å². The number of fused-ring (bicyclic) bond motifs is 1. The third-order valence-corrected chi connectivity index (χ3v) is 4.90. The summed E-state index contributed by atoms with van der Waals surface area (Å²) < 4.78 is 5.48. The summed E-state index contributed by atoms with van der Waals surface area (Å²) in [5.41, 5.74) is -0.113. The Hall–Kier alpha value is -2.07. The first-order valence-electron chi connectivity index (χ1n) is 8.44. The summed E-state index contributed by atoms with van der Waals surface area (Å²) in [4.78, 5) is 14.1. The van der Waals surface area contributed by atoms with Crippen molar-refractivity contribution in [3.8, 4) is 6.07 Å². The van der Waals surface area contributed by atoms with E-state index in [0.717, 1.165) is 19.4 Å². The minimum Gasteiger partial charge on any atom is -0.444 e. The molecule has 2 fully saturated rings. The van der Waals surface area contributed by atoms with E-state index in [0.29, 0.717) is 29.8 Å². The third-order valence-electron chi connectivity index (χ3n) is 4.72. The Bertz CT molecular complexity index is 712. The zero-order chi connectivity index (χ0) is 18.2. The maximum atomic E-state index is 12.3. The highest BCUT2D eigenvalue weighted by atomic mass is 35.5. The molecule has 3 atom stereocenters. The van der Waals surface area contributed by atoms with Gasteiger partial charge in [0.1, 0.15) is 11.7 Å². The molecular weight excluding hydrogens is 342 g/mol. The van der Waals surface area contributed by atoms with E-state index < -0.39 is 5.60 Å². The van der Waals surface area contributed by atoms with Gasteiger partial charge in [-0.1, -0.05) is 11.6 Å². The van der Waals surface area contributed by atoms with Crippen molar-refractivity contribution in [1.29, 1.82) is 5.26 Å². The molecule has 1 N–H and O–H groups in total. The molecule has 8 heteroatoms. The molecule has 2 aliphatic rings. The van der Waals surface area contributed by atoms with Crippen molar-refractivity contribution in [3.63, 3.8) is 0 Å². The van der Waals surface area contributed by atoms with Crippen molar-refractivity contribution in [3.05, 3.63) is 16.8 Å². The van der Waals surface area contributed by atoms with Gasteiger partial charge in [0, 0.05) is 25.0 Å². The molecule has 1 saturated heterocycles. The summed E-state index contributed by atoms with van der Waals surface area (Å²) in [7, 11) is 0. The van der Waals surface area contributed by atoms with Crippen molar-refractivity contribution in [2.45, 2.75) is 45.3 Å². The lowest BCUT2D eigenvalue weighted by atomic mass is 9.98. The lowest BCUT2D eigenvalue weighted by molar-refractivity contribution is 0.0280. The molecule has 1 saturated carbocycles. The van der Waals surface area contributed by atoms with Crippen molar-refractivity contribution < 1.29 is 9.53 Å². The van der Waals surface area contributed by atoms with Gasteiger partial charge in [-0.2, -0.15) is 5.26 Å². The molecule has 1 aliphatic heterocycles. The Labute approximate surface area is 152 Å². The topological polar surface area (TPSA) is 91.1 Å². The number of halogens is 1. The third kappa shape index (κ3) is 3.96. The number of rotatable bonds is 2. The first-order chi connectivity index (χ1) is 11.8. The number of nitrogens with zero attached hydrogens (tertiary/aromatic N) is 4. The molecule has 0 aromatic carbocycles. The van der Waals surface area contributed by atoms with E-state index in [4.69, 9.17) is 16.3 Å². The van der Waals surface area contributed by atoms with E-state index in [1.165, 1.54) is 6.07 Å². The average Bonchev–Trinajstić information content (AvgIpc) is 3.09. The molecule has 3 rings (SSSR count). The number of likely N-dealkylation sites (tertiary alicyclic amines) is 1. The highest BCUT2D eigenvalue weighted by Gasteiger charge is 2.45. The maximum Gasteiger partial charge on any atom is 0.410 e. The Morgan fingerprint density at radius 2 is 2.16 bits per heavy atom. The normalized spacial score (nSPS) is 25.4. The van der Waals surface area contributed by atoms with Gasteiger partial charge in [-0.05, 0) is 45.6 Å². The Balaban J connectivity index is 1.67. The first-order valence-corrected chi connectivity index (χ1v) is 8.82. The van der Waals surface area contributed by atoms with Crippen LogP contribution in [0.15, 0.2) is 6.07 Å². The number of carbonyl (C=O) groups excluding carboxylic acids is 1. The zero-order valence-electron chi connectivity index (χ0n) is 14.6. The predicted octanol–water partition coefficient (Wildman–Crippen LogP) is 3.06. The van der Waals surface area contributed by atoms with Gasteiger partial charge in [0.2, 0.25) is 0 Å². The van der Waals surface area contributed by atoms with Gasteiger partial charge < -0.3 is 15.0 Å². The van der Waals surface area contributed by atoms with Gasteiger partial charge in [-0.15, -0.1) is 10.2 Å². The second-order valence-electron chi connectivity index (χ2n) is 7.68. The van der Waals surface area contributed by atoms with Gasteiger partial charge in [-0.25, -0.2) is 4.79 Å². The number of nitrogens with one attached hydrogen (secondary N) is 1. The van der Waals surface area contributed by atoms with Crippen LogP contribution in [-0.4, -0.2) is 45.9 Å². The summed E-state index contributed by atoms with van der Waals surface area (Å²) in [6.45, 7) is 6.98. The molecule has 1 aromatic rings. The van der Waals surface area contributed by atoms with Crippen LogP contribution in [0.4, 0.5) is 10.6 Å². The second kappa shape index (κ2) is 6.68. The molecule has 1 aromatic heterocycles. The summed E-state index contributed by atoms with van der Waals surface area (Å²) >= 11 is 5.80. The van der Waals surface area contributed by atoms with Gasteiger partial charge >= 0.3 is 6.09 Å². The largest absolute Gasteiger partial charge is 0.444 e. The fraction of sp³-hybridized carbons (Fsp3) is 0.647. The van der Waals surface area contributed by atoms with E-state index >= 15 is 0 Å². The minimum absolute atomic E-state index is 0.153. The lowest BCUT2D eigenvalue weighted by Gasteiger charge is -2.26. The van der Waals surface area contributed by atoms with E-state index in [2.05, 4.69) is 21.6 Å². The zero-order valence-corrected chi connectivity index (χ0v) is 15.4. The van der Waals surface area contributed by atoms with Gasteiger partial charge in [-0.3, -0.25) is 0 Å². The predicted molar refractivity (Wildman–Crippen MR) is 93.2 cm³/mol. The molecule has 25 heavy (non-hydrogen) atoms. The number of aromatic nitrogens is 2. The maximum absolute atomic E-state index is 12.3. The summed E-state index contributed by atoms with van der Waals surface area (Å²) in [5, 5.41) is 20.6. The minimum atomic E-state index is -0.493. The lowest BCUT2D eigenvalue weighted by Crippen LogP contribution is -2.37. The van der Waals surface area contributed by atoms with Crippen molar-refractivity contribution in [2.75, 3.05) is 18.4 Å². The first kappa shape index (κ1) is 17.7. The van der Waals surface area contributed by atoms with Crippen LogP contribution in [0.25, 0.3) is 0 Å². The summed E-state index contributed by atoms with van der Waals surface area (Å²) in [6, 6.07) is 3.75. The monoisotopic (exact) mass is 363 g/mol. The van der Waals surface area contributed by atoms with Crippen LogP contribution in [0.3, 0.4) is 0 Å². The fourth-order valence-electron chi connectivity index (χ4n) is 3.66. The Kier molecular flexibility index (Phi) is 4.74. The van der Waals surface area contributed by atoms with Crippen LogP contribution < -0.4 is 5.32 Å². The molecule has 0 unspecified atom stereocenters. The van der Waals surface area contributed by atoms with Crippen molar-refractivity contribution in [2.24, 2.45) is 11.8 Å². The number of ether oxygens (including phenoxy) is 1. The molecule has 7 nitrogen and oxygen atoms in total. The van der Waals surface area contributed by atoms with Crippen LogP contribution in [-0.2, 0) is 4.74 Å². The van der Waals surface area contributed by atoms with Crippen molar-refractivity contribution >= 4 is 23.5 Å². The Morgan fingerprint density at radius 1 is 1.40 bits per heavy atom. The van der Waals surface area contributed by atoms with E-state index in [1.807, 2.05) is 20.8 Å². The smallest absolute Gasteiger partial charge is 0.410 e. The average molecular weight is 364 g/mol.